The molecule has 5 nitrogen and oxygen atoms in total. The topological polar surface area (TPSA) is 69.6 Å². The predicted molar refractivity (Wildman–Crippen MR) is 74.3 cm³/mol. The summed E-state index contributed by atoms with van der Waals surface area (Å²) < 4.78 is 0. The van der Waals surface area contributed by atoms with E-state index < -0.39 is 11.4 Å². The van der Waals surface area contributed by atoms with Gasteiger partial charge in [-0.15, -0.1) is 0 Å². The normalized spacial score (nSPS) is 29.8. The first-order valence-electron chi connectivity index (χ1n) is 7.84. The number of rotatable bonds is 5. The van der Waals surface area contributed by atoms with Gasteiger partial charge >= 0.3 is 12.0 Å². The first-order chi connectivity index (χ1) is 9.55. The molecule has 1 aliphatic heterocycles. The van der Waals surface area contributed by atoms with Crippen LogP contribution in [0.5, 0.6) is 0 Å². The van der Waals surface area contributed by atoms with Gasteiger partial charge in [0, 0.05) is 19.1 Å². The van der Waals surface area contributed by atoms with Gasteiger partial charge in [0.25, 0.3) is 0 Å². The van der Waals surface area contributed by atoms with Gasteiger partial charge in [-0.2, -0.15) is 0 Å². The highest BCUT2D eigenvalue weighted by Gasteiger charge is 2.47. The van der Waals surface area contributed by atoms with Crippen molar-refractivity contribution in [2.24, 2.45) is 17.3 Å². The van der Waals surface area contributed by atoms with Crippen molar-refractivity contribution >= 4 is 12.0 Å². The quantitative estimate of drug-likeness (QED) is 0.810. The van der Waals surface area contributed by atoms with Crippen molar-refractivity contribution in [3.05, 3.63) is 0 Å². The Hall–Kier alpha value is -1.26. The third-order valence-electron chi connectivity index (χ3n) is 5.32. The molecule has 2 amide bonds. The molecule has 2 N–H and O–H groups in total. The van der Waals surface area contributed by atoms with Gasteiger partial charge in [-0.05, 0) is 50.4 Å². The third-order valence-corrected chi connectivity index (χ3v) is 5.32. The van der Waals surface area contributed by atoms with Crippen LogP contribution in [0.4, 0.5) is 4.79 Å². The van der Waals surface area contributed by atoms with Crippen LogP contribution < -0.4 is 5.32 Å². The van der Waals surface area contributed by atoms with Crippen LogP contribution in [0.25, 0.3) is 0 Å². The maximum absolute atomic E-state index is 12.4. The Bertz CT molecular complexity index is 405. The van der Waals surface area contributed by atoms with Crippen LogP contribution in [-0.4, -0.2) is 41.1 Å². The standard InChI is InChI=1S/C15H24N2O3/c1-2-15(13(18)19)7-8-17(9-15)14(20)16-12(10-3-4-10)11-5-6-11/h10-12H,2-9H2,1H3,(H,16,20)(H,18,19). The lowest BCUT2D eigenvalue weighted by Crippen LogP contribution is -2.47. The van der Waals surface area contributed by atoms with Crippen molar-refractivity contribution in [2.75, 3.05) is 13.1 Å². The Morgan fingerprint density at radius 3 is 2.30 bits per heavy atom. The lowest BCUT2D eigenvalue weighted by atomic mass is 9.84. The summed E-state index contributed by atoms with van der Waals surface area (Å²) in [6.07, 6.45) is 6.08. The van der Waals surface area contributed by atoms with E-state index in [1.54, 1.807) is 4.90 Å². The molecule has 3 aliphatic rings. The summed E-state index contributed by atoms with van der Waals surface area (Å²) in [6, 6.07) is 0.286. The van der Waals surface area contributed by atoms with Crippen molar-refractivity contribution in [3.63, 3.8) is 0 Å². The molecule has 1 heterocycles. The summed E-state index contributed by atoms with van der Waals surface area (Å²) in [5, 5.41) is 12.6. The smallest absolute Gasteiger partial charge is 0.317 e. The van der Waals surface area contributed by atoms with Crippen molar-refractivity contribution in [1.29, 1.82) is 0 Å². The van der Waals surface area contributed by atoms with Crippen molar-refractivity contribution < 1.29 is 14.7 Å². The zero-order valence-electron chi connectivity index (χ0n) is 12.1. The molecule has 0 radical (unpaired) electrons. The molecule has 0 aromatic carbocycles. The first-order valence-corrected chi connectivity index (χ1v) is 7.84. The lowest BCUT2D eigenvalue weighted by molar-refractivity contribution is -0.148. The molecular formula is C15H24N2O3. The van der Waals surface area contributed by atoms with Gasteiger partial charge in [-0.3, -0.25) is 4.79 Å². The Morgan fingerprint density at radius 1 is 1.30 bits per heavy atom. The summed E-state index contributed by atoms with van der Waals surface area (Å²) in [7, 11) is 0. The number of hydrogen-bond donors (Lipinski definition) is 2. The number of carbonyl (C=O) groups is 2. The maximum atomic E-state index is 12.4. The number of hydrogen-bond acceptors (Lipinski definition) is 2. The number of likely N-dealkylation sites (tertiary alicyclic amines) is 1. The van der Waals surface area contributed by atoms with Gasteiger partial charge in [0.1, 0.15) is 0 Å². The molecule has 0 aromatic rings. The highest BCUT2D eigenvalue weighted by Crippen LogP contribution is 2.44. The van der Waals surface area contributed by atoms with E-state index in [2.05, 4.69) is 5.32 Å². The van der Waals surface area contributed by atoms with E-state index in [0.717, 1.165) is 0 Å². The van der Waals surface area contributed by atoms with E-state index in [1.807, 2.05) is 6.92 Å². The van der Waals surface area contributed by atoms with Crippen molar-refractivity contribution in [2.45, 2.75) is 51.5 Å². The maximum Gasteiger partial charge on any atom is 0.317 e. The Labute approximate surface area is 119 Å². The van der Waals surface area contributed by atoms with Crippen LogP contribution in [0.1, 0.15) is 45.4 Å². The van der Waals surface area contributed by atoms with Crippen LogP contribution in [0.2, 0.25) is 0 Å². The fraction of sp³-hybridized carbons (Fsp3) is 0.867. The molecule has 0 aromatic heterocycles. The largest absolute Gasteiger partial charge is 0.481 e. The molecule has 2 aliphatic carbocycles. The van der Waals surface area contributed by atoms with Crippen LogP contribution in [0.3, 0.4) is 0 Å². The van der Waals surface area contributed by atoms with Gasteiger partial charge in [0.15, 0.2) is 0 Å². The van der Waals surface area contributed by atoms with Crippen LogP contribution >= 0.6 is 0 Å². The Morgan fingerprint density at radius 2 is 1.90 bits per heavy atom. The third kappa shape index (κ3) is 2.50. The minimum Gasteiger partial charge on any atom is -0.481 e. The second-order valence-electron chi connectivity index (χ2n) is 6.76. The van der Waals surface area contributed by atoms with Gasteiger partial charge in [-0.25, -0.2) is 4.79 Å². The van der Waals surface area contributed by atoms with Gasteiger partial charge in [-0.1, -0.05) is 6.92 Å². The molecule has 0 bridgehead atoms. The molecule has 3 rings (SSSR count). The van der Waals surface area contributed by atoms with Crippen molar-refractivity contribution in [3.8, 4) is 0 Å². The highest BCUT2D eigenvalue weighted by molar-refractivity contribution is 5.80. The van der Waals surface area contributed by atoms with Gasteiger partial charge in [0.2, 0.25) is 0 Å². The molecule has 1 unspecified atom stereocenters. The van der Waals surface area contributed by atoms with E-state index in [9.17, 15) is 14.7 Å². The molecule has 5 heteroatoms. The fourth-order valence-electron chi connectivity index (χ4n) is 3.43. The number of carboxylic acids is 1. The van der Waals surface area contributed by atoms with E-state index >= 15 is 0 Å². The fourth-order valence-corrected chi connectivity index (χ4v) is 3.43. The monoisotopic (exact) mass is 280 g/mol. The molecule has 3 fully saturated rings. The van der Waals surface area contributed by atoms with Crippen molar-refractivity contribution in [1.82, 2.24) is 10.2 Å². The lowest BCUT2D eigenvalue weighted by Gasteiger charge is -2.25. The van der Waals surface area contributed by atoms with Gasteiger partial charge < -0.3 is 15.3 Å². The number of aliphatic carboxylic acids is 1. The number of nitrogens with zero attached hydrogens (tertiary/aromatic N) is 1. The number of urea groups is 1. The highest BCUT2D eigenvalue weighted by atomic mass is 16.4. The van der Waals surface area contributed by atoms with E-state index in [1.165, 1.54) is 25.7 Å². The molecule has 112 valence electrons. The van der Waals surface area contributed by atoms with Crippen LogP contribution in [0, 0.1) is 17.3 Å². The Kier molecular flexibility index (Phi) is 3.38. The Balaban J connectivity index is 1.59. The summed E-state index contributed by atoms with van der Waals surface area (Å²) >= 11 is 0. The molecular weight excluding hydrogens is 256 g/mol. The van der Waals surface area contributed by atoms with Crippen LogP contribution in [0.15, 0.2) is 0 Å². The average Bonchev–Trinajstić information content (AvgIpc) is 3.33. The second-order valence-corrected chi connectivity index (χ2v) is 6.76. The van der Waals surface area contributed by atoms with E-state index in [0.29, 0.717) is 43.8 Å². The minimum atomic E-state index is -0.767. The molecule has 20 heavy (non-hydrogen) atoms. The van der Waals surface area contributed by atoms with E-state index in [-0.39, 0.29) is 6.03 Å². The molecule has 1 saturated heterocycles. The second kappa shape index (κ2) is 4.93. The number of nitrogens with one attached hydrogen (secondary N) is 1. The summed E-state index contributed by atoms with van der Waals surface area (Å²) in [5.41, 5.74) is -0.730. The zero-order chi connectivity index (χ0) is 14.3. The first kappa shape index (κ1) is 13.7. The summed E-state index contributed by atoms with van der Waals surface area (Å²) in [5.74, 6) is 0.574. The van der Waals surface area contributed by atoms with Crippen LogP contribution in [-0.2, 0) is 4.79 Å². The molecule has 0 spiro atoms. The molecule has 2 saturated carbocycles. The van der Waals surface area contributed by atoms with E-state index in [4.69, 9.17) is 0 Å². The summed E-state index contributed by atoms with van der Waals surface area (Å²) in [6.45, 7) is 2.81. The van der Waals surface area contributed by atoms with Gasteiger partial charge in [0.05, 0.1) is 5.41 Å². The zero-order valence-corrected chi connectivity index (χ0v) is 12.1. The SMILES string of the molecule is CCC1(C(=O)O)CCN(C(=O)NC(C2CC2)C2CC2)C1. The number of carbonyl (C=O) groups excluding carboxylic acids is 1. The predicted octanol–water partition coefficient (Wildman–Crippen LogP) is 2.07. The minimum absolute atomic E-state index is 0.0506. The number of carboxylic acid groups (broad SMARTS) is 1. The molecule has 1 atom stereocenters. The summed E-state index contributed by atoms with van der Waals surface area (Å²) in [4.78, 5) is 25.5. The average molecular weight is 280 g/mol. The number of amides is 2.